The van der Waals surface area contributed by atoms with Gasteiger partial charge in [-0.1, -0.05) is 41.6 Å². The predicted molar refractivity (Wildman–Crippen MR) is 77.1 cm³/mol. The molecule has 1 N–H and O–H groups in total. The van der Waals surface area contributed by atoms with Crippen LogP contribution in [0.2, 0.25) is 0 Å². The molecule has 1 amide bonds. The molecule has 5 heteroatoms. The number of benzene rings is 2. The van der Waals surface area contributed by atoms with Crippen molar-refractivity contribution in [3.63, 3.8) is 0 Å². The van der Waals surface area contributed by atoms with Crippen molar-refractivity contribution in [2.24, 2.45) is 5.16 Å². The van der Waals surface area contributed by atoms with Crippen LogP contribution < -0.4 is 4.90 Å². The van der Waals surface area contributed by atoms with E-state index >= 15 is 0 Å². The molecule has 0 unspecified atom stereocenters. The largest absolute Gasteiger partial charge is 0.410 e. The number of nitrogens with zero attached hydrogens (tertiary/aromatic N) is 3. The van der Waals surface area contributed by atoms with Crippen molar-refractivity contribution >= 4 is 17.3 Å². The fourth-order valence-corrected chi connectivity index (χ4v) is 2.45. The van der Waals surface area contributed by atoms with E-state index in [4.69, 9.17) is 10.5 Å². The Morgan fingerprint density at radius 2 is 1.86 bits per heavy atom. The minimum absolute atomic E-state index is 0.0278. The third-order valence-corrected chi connectivity index (χ3v) is 3.46. The molecule has 0 saturated carbocycles. The first kappa shape index (κ1) is 12.9. The molecule has 0 atom stereocenters. The first-order valence-electron chi connectivity index (χ1n) is 6.37. The van der Waals surface area contributed by atoms with Crippen LogP contribution in [0.15, 0.2) is 53.7 Å². The molecule has 0 spiro atoms. The molecule has 2 aromatic rings. The fraction of sp³-hybridized carbons (Fsp3) is 0.0625. The van der Waals surface area contributed by atoms with Gasteiger partial charge in [0.05, 0.1) is 23.9 Å². The lowest BCUT2D eigenvalue weighted by Crippen LogP contribution is -2.29. The van der Waals surface area contributed by atoms with E-state index in [9.17, 15) is 4.79 Å². The van der Waals surface area contributed by atoms with Crippen LogP contribution in [0, 0.1) is 11.3 Å². The van der Waals surface area contributed by atoms with Crippen LogP contribution >= 0.6 is 0 Å². The average Bonchev–Trinajstić information content (AvgIpc) is 2.80. The van der Waals surface area contributed by atoms with Crippen LogP contribution in [0.4, 0.5) is 5.69 Å². The van der Waals surface area contributed by atoms with Crippen LogP contribution in [0.1, 0.15) is 16.7 Å². The Morgan fingerprint density at radius 3 is 2.62 bits per heavy atom. The number of carbonyl (C=O) groups excluding carboxylic acids is 1. The van der Waals surface area contributed by atoms with E-state index in [1.165, 1.54) is 4.90 Å². The van der Waals surface area contributed by atoms with E-state index in [-0.39, 0.29) is 18.2 Å². The highest BCUT2D eigenvalue weighted by Gasteiger charge is 2.34. The van der Waals surface area contributed by atoms with Gasteiger partial charge < -0.3 is 10.1 Å². The number of anilines is 1. The second kappa shape index (κ2) is 5.10. The summed E-state index contributed by atoms with van der Waals surface area (Å²) in [5.74, 6) is -0.369. The molecule has 0 bridgehead atoms. The monoisotopic (exact) mass is 277 g/mol. The molecule has 0 radical (unpaired) electrons. The Labute approximate surface area is 121 Å². The standard InChI is InChI=1S/C16H11N3O2/c17-9-11-5-1-2-6-12(11)10-19-14-8-4-3-7-13(14)15(18-21)16(19)20/h1-8,21H,10H2/b18-15-. The summed E-state index contributed by atoms with van der Waals surface area (Å²) in [7, 11) is 0. The number of hydrogen-bond donors (Lipinski definition) is 1. The molecule has 0 saturated heterocycles. The molecule has 2 aromatic carbocycles. The predicted octanol–water partition coefficient (Wildman–Crippen LogP) is 2.28. The minimum atomic E-state index is -0.369. The van der Waals surface area contributed by atoms with Crippen molar-refractivity contribution in [3.05, 3.63) is 65.2 Å². The van der Waals surface area contributed by atoms with Crippen molar-refractivity contribution in [3.8, 4) is 6.07 Å². The lowest BCUT2D eigenvalue weighted by atomic mass is 10.1. The molecule has 0 fully saturated rings. The van der Waals surface area contributed by atoms with E-state index in [0.717, 1.165) is 5.56 Å². The summed E-state index contributed by atoms with van der Waals surface area (Å²) < 4.78 is 0. The van der Waals surface area contributed by atoms with E-state index in [1.807, 2.05) is 18.2 Å². The number of oxime groups is 1. The number of rotatable bonds is 2. The van der Waals surface area contributed by atoms with Gasteiger partial charge in [-0.25, -0.2) is 0 Å². The first-order chi connectivity index (χ1) is 10.3. The molecule has 1 aliphatic rings. The third-order valence-electron chi connectivity index (χ3n) is 3.46. The number of hydrogen-bond acceptors (Lipinski definition) is 4. The van der Waals surface area contributed by atoms with Gasteiger partial charge in [0, 0.05) is 5.56 Å². The van der Waals surface area contributed by atoms with E-state index in [2.05, 4.69) is 11.2 Å². The number of carbonyl (C=O) groups is 1. The highest BCUT2D eigenvalue weighted by atomic mass is 16.4. The Hall–Kier alpha value is -3.13. The van der Waals surface area contributed by atoms with E-state index in [1.54, 1.807) is 30.3 Å². The molecular formula is C16H11N3O2. The summed E-state index contributed by atoms with van der Waals surface area (Å²) in [5.41, 5.74) is 2.59. The van der Waals surface area contributed by atoms with Crippen molar-refractivity contribution in [1.82, 2.24) is 0 Å². The molecule has 1 heterocycles. The van der Waals surface area contributed by atoms with E-state index in [0.29, 0.717) is 16.8 Å². The fourth-order valence-electron chi connectivity index (χ4n) is 2.45. The maximum Gasteiger partial charge on any atom is 0.281 e. The van der Waals surface area contributed by atoms with Gasteiger partial charge >= 0.3 is 0 Å². The van der Waals surface area contributed by atoms with E-state index < -0.39 is 0 Å². The van der Waals surface area contributed by atoms with Gasteiger partial charge in [-0.05, 0) is 17.7 Å². The van der Waals surface area contributed by atoms with Gasteiger partial charge in [-0.15, -0.1) is 0 Å². The van der Waals surface area contributed by atoms with Gasteiger partial charge in [-0.2, -0.15) is 5.26 Å². The number of para-hydroxylation sites is 1. The first-order valence-corrected chi connectivity index (χ1v) is 6.37. The van der Waals surface area contributed by atoms with Crippen LogP contribution in [0.5, 0.6) is 0 Å². The van der Waals surface area contributed by atoms with Crippen molar-refractivity contribution in [2.75, 3.05) is 4.90 Å². The molecule has 102 valence electrons. The second-order valence-corrected chi connectivity index (χ2v) is 4.63. The van der Waals surface area contributed by atoms with Crippen LogP contribution in [0.25, 0.3) is 0 Å². The van der Waals surface area contributed by atoms with Crippen molar-refractivity contribution in [1.29, 1.82) is 5.26 Å². The molecular weight excluding hydrogens is 266 g/mol. The Balaban J connectivity index is 2.04. The highest BCUT2D eigenvalue weighted by molar-refractivity contribution is 6.54. The summed E-state index contributed by atoms with van der Waals surface area (Å²) in [4.78, 5) is 13.9. The third kappa shape index (κ3) is 2.03. The van der Waals surface area contributed by atoms with Gasteiger partial charge in [0.15, 0.2) is 5.71 Å². The van der Waals surface area contributed by atoms with Crippen molar-refractivity contribution in [2.45, 2.75) is 6.54 Å². The van der Waals surface area contributed by atoms with Crippen LogP contribution in [-0.2, 0) is 11.3 Å². The topological polar surface area (TPSA) is 76.7 Å². The van der Waals surface area contributed by atoms with Crippen LogP contribution in [0.3, 0.4) is 0 Å². The molecule has 0 aliphatic carbocycles. The van der Waals surface area contributed by atoms with Gasteiger partial charge in [0.1, 0.15) is 0 Å². The average molecular weight is 277 g/mol. The summed E-state index contributed by atoms with van der Waals surface area (Å²) in [6.45, 7) is 0.262. The van der Waals surface area contributed by atoms with Crippen molar-refractivity contribution < 1.29 is 10.0 Å². The number of amides is 1. The van der Waals surface area contributed by atoms with Gasteiger partial charge in [-0.3, -0.25) is 4.79 Å². The smallest absolute Gasteiger partial charge is 0.281 e. The Kier molecular flexibility index (Phi) is 3.13. The highest BCUT2D eigenvalue weighted by Crippen LogP contribution is 2.30. The van der Waals surface area contributed by atoms with Gasteiger partial charge in [0.25, 0.3) is 5.91 Å². The molecule has 3 rings (SSSR count). The second-order valence-electron chi connectivity index (χ2n) is 4.63. The zero-order valence-corrected chi connectivity index (χ0v) is 11.0. The minimum Gasteiger partial charge on any atom is -0.410 e. The summed E-state index contributed by atoms with van der Waals surface area (Å²) in [6.07, 6.45) is 0. The number of nitriles is 1. The Morgan fingerprint density at radius 1 is 1.14 bits per heavy atom. The zero-order valence-electron chi connectivity index (χ0n) is 11.0. The summed E-state index contributed by atoms with van der Waals surface area (Å²) >= 11 is 0. The quantitative estimate of drug-likeness (QED) is 0.675. The maximum atomic E-state index is 12.3. The zero-order chi connectivity index (χ0) is 14.8. The summed E-state index contributed by atoms with van der Waals surface area (Å²) in [6, 6.07) is 16.4. The number of fused-ring (bicyclic) bond motifs is 1. The molecule has 21 heavy (non-hydrogen) atoms. The molecule has 0 aromatic heterocycles. The lowest BCUT2D eigenvalue weighted by Gasteiger charge is -2.17. The SMILES string of the molecule is N#Cc1ccccc1CN1C(=O)/C(=N\O)c2ccccc21. The van der Waals surface area contributed by atoms with Gasteiger partial charge in [0.2, 0.25) is 0 Å². The lowest BCUT2D eigenvalue weighted by molar-refractivity contribution is -0.112. The normalized spacial score (nSPS) is 15.1. The molecule has 1 aliphatic heterocycles. The van der Waals surface area contributed by atoms with Crippen LogP contribution in [-0.4, -0.2) is 16.8 Å². The summed E-state index contributed by atoms with van der Waals surface area (Å²) in [5, 5.41) is 21.3. The maximum absolute atomic E-state index is 12.3. The molecule has 5 nitrogen and oxygen atoms in total. The Bertz CT molecular complexity index is 790.